The van der Waals surface area contributed by atoms with Gasteiger partial charge in [-0.25, -0.2) is 0 Å². The van der Waals surface area contributed by atoms with Crippen molar-refractivity contribution in [1.82, 2.24) is 10.2 Å². The number of hydrogen-bond donors (Lipinski definition) is 1. The van der Waals surface area contributed by atoms with E-state index in [0.717, 1.165) is 30.7 Å². The number of allylic oxidation sites excluding steroid dienone is 1. The summed E-state index contributed by atoms with van der Waals surface area (Å²) in [6, 6.07) is 7.37. The first-order valence-corrected chi connectivity index (χ1v) is 10.4. The Labute approximate surface area is 170 Å². The van der Waals surface area contributed by atoms with Crippen molar-refractivity contribution in [3.8, 4) is 5.75 Å². The number of methoxy groups -OCH3 is 1. The number of likely N-dealkylation sites (tertiary alicyclic amines) is 1. The summed E-state index contributed by atoms with van der Waals surface area (Å²) in [5.74, 6) is 1.02. The fourth-order valence-electron chi connectivity index (χ4n) is 3.56. The summed E-state index contributed by atoms with van der Waals surface area (Å²) >= 11 is 1.51. The van der Waals surface area contributed by atoms with Crippen molar-refractivity contribution in [2.75, 3.05) is 26.7 Å². The largest absolute Gasteiger partial charge is 0.496 e. The summed E-state index contributed by atoms with van der Waals surface area (Å²) in [5.41, 5.74) is 2.32. The van der Waals surface area contributed by atoms with Gasteiger partial charge in [-0.05, 0) is 60.4 Å². The SMILES string of the molecule is C=CCc1cc(C(=O)N2CCCC(CNC(=O)c3ccsc3)C2)ccc1OC. The van der Waals surface area contributed by atoms with Crippen molar-refractivity contribution in [1.29, 1.82) is 0 Å². The Morgan fingerprint density at radius 3 is 2.93 bits per heavy atom. The molecular weight excluding hydrogens is 372 g/mol. The minimum atomic E-state index is -0.0473. The predicted molar refractivity (Wildman–Crippen MR) is 112 cm³/mol. The molecule has 2 heterocycles. The van der Waals surface area contributed by atoms with E-state index in [1.807, 2.05) is 39.9 Å². The Kier molecular flexibility index (Phi) is 6.87. The molecular formula is C22H26N2O3S. The summed E-state index contributed by atoms with van der Waals surface area (Å²) in [5, 5.41) is 6.74. The number of carbonyl (C=O) groups excluding carboxylic acids is 2. The lowest BCUT2D eigenvalue weighted by molar-refractivity contribution is 0.0670. The molecule has 1 fully saturated rings. The van der Waals surface area contributed by atoms with E-state index in [2.05, 4.69) is 11.9 Å². The molecule has 1 aromatic carbocycles. The lowest BCUT2D eigenvalue weighted by atomic mass is 9.96. The number of nitrogens with one attached hydrogen (secondary N) is 1. The first kappa shape index (κ1) is 20.1. The average Bonchev–Trinajstić information content (AvgIpc) is 3.27. The molecule has 28 heavy (non-hydrogen) atoms. The second-order valence-electron chi connectivity index (χ2n) is 7.00. The van der Waals surface area contributed by atoms with Gasteiger partial charge in [-0.15, -0.1) is 6.58 Å². The van der Waals surface area contributed by atoms with Crippen molar-refractivity contribution in [3.05, 3.63) is 64.4 Å². The Hall–Kier alpha value is -2.60. The Balaban J connectivity index is 1.61. The molecule has 1 aromatic heterocycles. The van der Waals surface area contributed by atoms with E-state index in [1.54, 1.807) is 13.2 Å². The third-order valence-corrected chi connectivity index (χ3v) is 5.72. The quantitative estimate of drug-likeness (QED) is 0.723. The van der Waals surface area contributed by atoms with Crippen LogP contribution in [0.15, 0.2) is 47.7 Å². The van der Waals surface area contributed by atoms with Crippen LogP contribution in [0.3, 0.4) is 0 Å². The summed E-state index contributed by atoms with van der Waals surface area (Å²) < 4.78 is 5.37. The molecule has 0 aliphatic carbocycles. The lowest BCUT2D eigenvalue weighted by Gasteiger charge is -2.33. The third kappa shape index (κ3) is 4.81. The van der Waals surface area contributed by atoms with Crippen LogP contribution in [-0.4, -0.2) is 43.5 Å². The second-order valence-corrected chi connectivity index (χ2v) is 7.78. The van der Waals surface area contributed by atoms with E-state index >= 15 is 0 Å². The molecule has 1 aliphatic heterocycles. The van der Waals surface area contributed by atoms with Gasteiger partial charge in [0.1, 0.15) is 5.75 Å². The summed E-state index contributed by atoms with van der Waals surface area (Å²) in [4.78, 5) is 27.0. The highest BCUT2D eigenvalue weighted by Gasteiger charge is 2.25. The van der Waals surface area contributed by atoms with Crippen LogP contribution in [0.2, 0.25) is 0 Å². The van der Waals surface area contributed by atoms with Crippen LogP contribution in [0.5, 0.6) is 5.75 Å². The molecule has 0 radical (unpaired) electrons. The maximum atomic E-state index is 13.0. The maximum Gasteiger partial charge on any atom is 0.253 e. The van der Waals surface area contributed by atoms with Gasteiger partial charge in [-0.3, -0.25) is 9.59 Å². The normalized spacial score (nSPS) is 16.5. The molecule has 1 unspecified atom stereocenters. The van der Waals surface area contributed by atoms with Crippen molar-refractivity contribution in [2.45, 2.75) is 19.3 Å². The van der Waals surface area contributed by atoms with Crippen molar-refractivity contribution in [2.24, 2.45) is 5.92 Å². The predicted octanol–water partition coefficient (Wildman–Crippen LogP) is 3.77. The van der Waals surface area contributed by atoms with Crippen molar-refractivity contribution in [3.63, 3.8) is 0 Å². The van der Waals surface area contributed by atoms with Gasteiger partial charge >= 0.3 is 0 Å². The van der Waals surface area contributed by atoms with Gasteiger partial charge in [-0.2, -0.15) is 11.3 Å². The number of hydrogen-bond acceptors (Lipinski definition) is 4. The fraction of sp³-hybridized carbons (Fsp3) is 0.364. The smallest absolute Gasteiger partial charge is 0.253 e. The summed E-state index contributed by atoms with van der Waals surface area (Å²) in [6.45, 7) is 5.77. The zero-order valence-electron chi connectivity index (χ0n) is 16.1. The van der Waals surface area contributed by atoms with Crippen LogP contribution in [0, 0.1) is 5.92 Å². The van der Waals surface area contributed by atoms with Gasteiger partial charge in [-0.1, -0.05) is 6.08 Å². The average molecular weight is 399 g/mol. The zero-order chi connectivity index (χ0) is 19.9. The number of nitrogens with zero attached hydrogens (tertiary/aromatic N) is 1. The summed E-state index contributed by atoms with van der Waals surface area (Å²) in [6.07, 6.45) is 4.42. The number of piperidine rings is 1. The fourth-order valence-corrected chi connectivity index (χ4v) is 4.19. The van der Waals surface area contributed by atoms with Crippen LogP contribution >= 0.6 is 11.3 Å². The molecule has 1 atom stereocenters. The van der Waals surface area contributed by atoms with Crippen LogP contribution in [-0.2, 0) is 6.42 Å². The molecule has 0 spiro atoms. The molecule has 2 amide bonds. The number of amides is 2. The van der Waals surface area contributed by atoms with Gasteiger partial charge < -0.3 is 15.0 Å². The Morgan fingerprint density at radius 1 is 1.36 bits per heavy atom. The monoisotopic (exact) mass is 398 g/mol. The van der Waals surface area contributed by atoms with Crippen molar-refractivity contribution >= 4 is 23.2 Å². The van der Waals surface area contributed by atoms with E-state index in [1.165, 1.54) is 11.3 Å². The van der Waals surface area contributed by atoms with E-state index in [4.69, 9.17) is 4.74 Å². The molecule has 0 saturated carbocycles. The van der Waals surface area contributed by atoms with E-state index in [9.17, 15) is 9.59 Å². The van der Waals surface area contributed by atoms with Crippen LogP contribution in [0.25, 0.3) is 0 Å². The molecule has 6 heteroatoms. The topological polar surface area (TPSA) is 58.6 Å². The Morgan fingerprint density at radius 2 is 2.21 bits per heavy atom. The highest BCUT2D eigenvalue weighted by Crippen LogP contribution is 2.24. The van der Waals surface area contributed by atoms with Crippen LogP contribution in [0.1, 0.15) is 39.1 Å². The van der Waals surface area contributed by atoms with Gasteiger partial charge in [0.15, 0.2) is 0 Å². The number of benzene rings is 1. The number of carbonyl (C=O) groups is 2. The number of thiophene rings is 1. The first-order valence-electron chi connectivity index (χ1n) is 9.50. The molecule has 0 bridgehead atoms. The second kappa shape index (κ2) is 9.55. The molecule has 1 N–H and O–H groups in total. The molecule has 1 aliphatic rings. The van der Waals surface area contributed by atoms with Crippen LogP contribution < -0.4 is 10.1 Å². The zero-order valence-corrected chi connectivity index (χ0v) is 17.0. The molecule has 2 aromatic rings. The van der Waals surface area contributed by atoms with Gasteiger partial charge in [0.05, 0.1) is 7.11 Å². The van der Waals surface area contributed by atoms with Crippen LogP contribution in [0.4, 0.5) is 0 Å². The summed E-state index contributed by atoms with van der Waals surface area (Å²) in [7, 11) is 1.63. The lowest BCUT2D eigenvalue weighted by Crippen LogP contribution is -2.43. The molecule has 1 saturated heterocycles. The number of ether oxygens (including phenoxy) is 1. The van der Waals surface area contributed by atoms with E-state index in [0.29, 0.717) is 30.6 Å². The highest BCUT2D eigenvalue weighted by atomic mass is 32.1. The van der Waals surface area contributed by atoms with Crippen molar-refractivity contribution < 1.29 is 14.3 Å². The number of rotatable bonds is 7. The highest BCUT2D eigenvalue weighted by molar-refractivity contribution is 7.08. The maximum absolute atomic E-state index is 13.0. The molecule has 148 valence electrons. The minimum absolute atomic E-state index is 0.0295. The van der Waals surface area contributed by atoms with Gasteiger partial charge in [0, 0.05) is 36.1 Å². The molecule has 3 rings (SSSR count). The van der Waals surface area contributed by atoms with E-state index < -0.39 is 0 Å². The van der Waals surface area contributed by atoms with Gasteiger partial charge in [0.25, 0.3) is 11.8 Å². The van der Waals surface area contributed by atoms with Gasteiger partial charge in [0.2, 0.25) is 0 Å². The molecule has 5 nitrogen and oxygen atoms in total. The first-order chi connectivity index (χ1) is 13.6. The van der Waals surface area contributed by atoms with E-state index in [-0.39, 0.29) is 17.7 Å². The minimum Gasteiger partial charge on any atom is -0.496 e. The Bertz CT molecular complexity index is 832. The standard InChI is InChI=1S/C22H26N2O3S/c1-3-5-17-12-18(7-8-20(17)27-2)22(26)24-10-4-6-16(14-24)13-23-21(25)19-9-11-28-15-19/h3,7-9,11-12,15-16H,1,4-6,10,13-14H2,2H3,(H,23,25). The third-order valence-electron chi connectivity index (χ3n) is 5.03.